The molecule has 0 unspecified atom stereocenters. The summed E-state index contributed by atoms with van der Waals surface area (Å²) in [6.07, 6.45) is 0. The van der Waals surface area contributed by atoms with Crippen molar-refractivity contribution >= 4 is 22.5 Å². The summed E-state index contributed by atoms with van der Waals surface area (Å²) in [4.78, 5) is 3.01. The number of aromatic nitrogens is 1. The first-order valence-electron chi connectivity index (χ1n) is 4.04. The van der Waals surface area contributed by atoms with E-state index in [0.717, 1.165) is 11.4 Å². The van der Waals surface area contributed by atoms with Crippen molar-refractivity contribution in [3.05, 3.63) is 23.9 Å². The Kier molecular flexibility index (Phi) is 3.63. The second kappa shape index (κ2) is 4.75. The maximum Gasteiger partial charge on any atom is 0.112 e. The van der Waals surface area contributed by atoms with E-state index in [1.54, 1.807) is 13.1 Å². The number of halogens is 1. The fourth-order valence-corrected chi connectivity index (χ4v) is 1.22. The quantitative estimate of drug-likeness (QED) is 0.650. The molecular weight excluding hydrogens is 200 g/mol. The molecule has 0 aromatic carbocycles. The van der Waals surface area contributed by atoms with Crippen molar-refractivity contribution in [1.82, 2.24) is 4.98 Å². The van der Waals surface area contributed by atoms with Crippen molar-refractivity contribution in [2.45, 2.75) is 0 Å². The van der Waals surface area contributed by atoms with Crippen LogP contribution in [0.2, 0.25) is 0 Å². The van der Waals surface area contributed by atoms with E-state index >= 15 is 0 Å². The van der Waals surface area contributed by atoms with Crippen LogP contribution in [0.3, 0.4) is 0 Å². The Labute approximate surface area is 87.8 Å². The molecule has 0 fully saturated rings. The monoisotopic (exact) mass is 210 g/mol. The van der Waals surface area contributed by atoms with Crippen LogP contribution in [0.1, 0.15) is 11.3 Å². The Morgan fingerprint density at radius 1 is 1.79 bits per heavy atom. The van der Waals surface area contributed by atoms with Crippen molar-refractivity contribution in [3.63, 3.8) is 0 Å². The lowest BCUT2D eigenvalue weighted by atomic mass is 10.3. The number of anilines is 1. The average Bonchev–Trinajstić information content (AvgIpc) is 2.57. The summed E-state index contributed by atoms with van der Waals surface area (Å²) in [5.41, 5.74) is 1.48. The van der Waals surface area contributed by atoms with Gasteiger partial charge < -0.3 is 15.4 Å². The van der Waals surface area contributed by atoms with Crippen LogP contribution >= 0.6 is 11.6 Å². The summed E-state index contributed by atoms with van der Waals surface area (Å²) < 4.78 is 0. The topological polar surface area (TPSA) is 48.0 Å². The van der Waals surface area contributed by atoms with Gasteiger partial charge in [-0.05, 0) is 12.0 Å². The van der Waals surface area contributed by atoms with Gasteiger partial charge in [0.25, 0.3) is 0 Å². The molecule has 1 rings (SSSR count). The zero-order valence-corrected chi connectivity index (χ0v) is 8.57. The first kappa shape index (κ1) is 10.7. The van der Waals surface area contributed by atoms with Crippen LogP contribution in [0.25, 0.3) is 5.03 Å². The molecule has 1 heterocycles. The minimum absolute atomic E-state index is 0.162. The van der Waals surface area contributed by atoms with Crippen molar-refractivity contribution in [2.24, 2.45) is 0 Å². The van der Waals surface area contributed by atoms with Crippen molar-refractivity contribution < 1.29 is 5.11 Å². The Bertz CT molecular complexity index is 398. The van der Waals surface area contributed by atoms with Crippen LogP contribution in [0.4, 0.5) is 5.82 Å². The average molecular weight is 211 g/mol. The van der Waals surface area contributed by atoms with Crippen LogP contribution < -0.4 is 5.32 Å². The van der Waals surface area contributed by atoms with Gasteiger partial charge in [0.15, 0.2) is 0 Å². The van der Waals surface area contributed by atoms with Gasteiger partial charge in [0, 0.05) is 17.6 Å². The molecule has 4 heteroatoms. The number of rotatable bonds is 2. The number of aliphatic hydroxyl groups is 1. The molecule has 3 nitrogen and oxygen atoms in total. The molecule has 74 valence electrons. The fourth-order valence-electron chi connectivity index (χ4n) is 1.07. The van der Waals surface area contributed by atoms with Gasteiger partial charge in [0.1, 0.15) is 12.4 Å². The number of aromatic amines is 1. The molecule has 0 aliphatic rings. The lowest BCUT2D eigenvalue weighted by molar-refractivity contribution is 0.350. The second-order valence-corrected chi connectivity index (χ2v) is 3.04. The minimum atomic E-state index is -0.162. The van der Waals surface area contributed by atoms with E-state index in [2.05, 4.69) is 28.7 Å². The van der Waals surface area contributed by atoms with Crippen molar-refractivity contribution in [2.75, 3.05) is 19.0 Å². The van der Waals surface area contributed by atoms with Gasteiger partial charge in [0.05, 0.1) is 5.69 Å². The predicted molar refractivity (Wildman–Crippen MR) is 59.2 cm³/mol. The molecule has 0 aliphatic heterocycles. The smallest absolute Gasteiger partial charge is 0.112 e. The minimum Gasteiger partial charge on any atom is -0.384 e. The zero-order valence-electron chi connectivity index (χ0n) is 7.82. The summed E-state index contributed by atoms with van der Waals surface area (Å²) in [6.45, 7) is 3.47. The summed E-state index contributed by atoms with van der Waals surface area (Å²) >= 11 is 5.78. The highest BCUT2D eigenvalue weighted by molar-refractivity contribution is 6.48. The number of hydrogen-bond acceptors (Lipinski definition) is 2. The normalized spacial score (nSPS) is 9.07. The van der Waals surface area contributed by atoms with Gasteiger partial charge in [-0.1, -0.05) is 24.1 Å². The number of aliphatic hydroxyl groups excluding tert-OH is 1. The van der Waals surface area contributed by atoms with E-state index in [0.29, 0.717) is 10.7 Å². The highest BCUT2D eigenvalue weighted by atomic mass is 35.5. The van der Waals surface area contributed by atoms with Gasteiger partial charge in [-0.15, -0.1) is 0 Å². The molecular formula is C10H11ClN2O. The van der Waals surface area contributed by atoms with Gasteiger partial charge in [-0.2, -0.15) is 0 Å². The zero-order chi connectivity index (χ0) is 10.6. The maximum atomic E-state index is 8.52. The third-order valence-corrected chi connectivity index (χ3v) is 1.87. The molecule has 0 saturated heterocycles. The number of H-pyrrole nitrogens is 1. The van der Waals surface area contributed by atoms with Crippen LogP contribution in [0.15, 0.2) is 12.6 Å². The first-order chi connectivity index (χ1) is 6.69. The Balaban J connectivity index is 3.06. The maximum absolute atomic E-state index is 8.52. The molecule has 3 N–H and O–H groups in total. The van der Waals surface area contributed by atoms with E-state index in [4.69, 9.17) is 16.7 Å². The number of hydrogen-bond donors (Lipinski definition) is 3. The third-order valence-electron chi connectivity index (χ3n) is 1.66. The van der Waals surface area contributed by atoms with Gasteiger partial charge in [-0.25, -0.2) is 0 Å². The van der Waals surface area contributed by atoms with Crippen LogP contribution in [0, 0.1) is 11.8 Å². The Hall–Kier alpha value is -1.37. The molecule has 14 heavy (non-hydrogen) atoms. The molecule has 0 amide bonds. The van der Waals surface area contributed by atoms with E-state index in [-0.39, 0.29) is 6.61 Å². The molecule has 1 aromatic heterocycles. The van der Waals surface area contributed by atoms with Gasteiger partial charge in [-0.3, -0.25) is 0 Å². The van der Waals surface area contributed by atoms with Crippen molar-refractivity contribution in [3.8, 4) is 11.8 Å². The van der Waals surface area contributed by atoms with Crippen LogP contribution in [0.5, 0.6) is 0 Å². The predicted octanol–water partition coefficient (Wildman–Crippen LogP) is 1.61. The first-order valence-corrected chi connectivity index (χ1v) is 4.42. The molecule has 0 spiro atoms. The highest BCUT2D eigenvalue weighted by Crippen LogP contribution is 2.25. The summed E-state index contributed by atoms with van der Waals surface area (Å²) in [7, 11) is 1.78. The Morgan fingerprint density at radius 3 is 2.93 bits per heavy atom. The molecule has 0 radical (unpaired) electrons. The molecule has 1 aromatic rings. The molecule has 0 atom stereocenters. The summed E-state index contributed by atoms with van der Waals surface area (Å²) in [6, 6.07) is 1.78. The molecule has 0 saturated carbocycles. The molecule has 0 aliphatic carbocycles. The second-order valence-electron chi connectivity index (χ2n) is 2.59. The van der Waals surface area contributed by atoms with Gasteiger partial charge in [0.2, 0.25) is 0 Å². The van der Waals surface area contributed by atoms with Crippen LogP contribution in [-0.2, 0) is 0 Å². The van der Waals surface area contributed by atoms with Crippen molar-refractivity contribution in [1.29, 1.82) is 0 Å². The lowest BCUT2D eigenvalue weighted by Crippen LogP contribution is -1.90. The van der Waals surface area contributed by atoms with E-state index in [1.165, 1.54) is 0 Å². The lowest BCUT2D eigenvalue weighted by Gasteiger charge is -1.98. The van der Waals surface area contributed by atoms with Gasteiger partial charge >= 0.3 is 0 Å². The fraction of sp³-hybridized carbons (Fsp3) is 0.200. The summed E-state index contributed by atoms with van der Waals surface area (Å²) in [5, 5.41) is 11.9. The third kappa shape index (κ3) is 2.32. The van der Waals surface area contributed by atoms with E-state index in [1.807, 2.05) is 0 Å². The van der Waals surface area contributed by atoms with E-state index in [9.17, 15) is 0 Å². The standard InChI is InChI=1S/C10H11ClN2O/c1-7(11)9-6-8(4-3-5-14)13-10(9)12-2/h6,12-14H,1,5H2,2H3. The van der Waals surface area contributed by atoms with Crippen LogP contribution in [-0.4, -0.2) is 23.7 Å². The van der Waals surface area contributed by atoms with E-state index < -0.39 is 0 Å². The molecule has 0 bridgehead atoms. The largest absolute Gasteiger partial charge is 0.384 e. The Morgan fingerprint density at radius 2 is 2.50 bits per heavy atom. The number of nitrogens with one attached hydrogen (secondary N) is 2. The SMILES string of the molecule is C=C(Cl)c1cc(C#CCO)[nH]c1NC. The summed E-state index contributed by atoms with van der Waals surface area (Å²) in [5.74, 6) is 6.06. The highest BCUT2D eigenvalue weighted by Gasteiger charge is 2.06.